The fourth-order valence-electron chi connectivity index (χ4n) is 0.908. The van der Waals surface area contributed by atoms with Gasteiger partial charge in [-0.05, 0) is 11.4 Å². The van der Waals surface area contributed by atoms with Crippen molar-refractivity contribution in [3.05, 3.63) is 21.9 Å². The predicted octanol–water partition coefficient (Wildman–Crippen LogP) is 1.29. The third-order valence-electron chi connectivity index (χ3n) is 1.47. The Hall–Kier alpha value is -1.36. The van der Waals surface area contributed by atoms with Crippen LogP contribution in [0.4, 0.5) is 6.01 Å². The molecule has 0 fully saturated rings. The number of nitrogens with zero attached hydrogens (tertiary/aromatic N) is 1. The van der Waals surface area contributed by atoms with Crippen LogP contribution in [0.15, 0.2) is 20.7 Å². The van der Waals surface area contributed by atoms with Gasteiger partial charge in [0.1, 0.15) is 4.83 Å². The number of hydrogen-bond donors (Lipinski definition) is 1. The lowest BCUT2D eigenvalue weighted by molar-refractivity contribution is 0.520. The molecule has 0 aliphatic rings. The zero-order valence-corrected chi connectivity index (χ0v) is 7.14. The van der Waals surface area contributed by atoms with Crippen molar-refractivity contribution in [1.82, 2.24) is 4.98 Å². The maximum Gasteiger partial charge on any atom is 0.349 e. The second kappa shape index (κ2) is 2.60. The number of fused-ring (bicyclic) bond motifs is 1. The first-order valence-electron chi connectivity index (χ1n) is 3.37. The number of hydrogen-bond acceptors (Lipinski definition) is 5. The molecule has 0 saturated carbocycles. The molecule has 0 aliphatic heterocycles. The maximum atomic E-state index is 11.2. The lowest BCUT2D eigenvalue weighted by atomic mass is 10.4. The first kappa shape index (κ1) is 7.30. The Morgan fingerprint density at radius 2 is 2.50 bits per heavy atom. The summed E-state index contributed by atoms with van der Waals surface area (Å²) in [7, 11) is 1.66. The van der Waals surface area contributed by atoms with Gasteiger partial charge in [-0.2, -0.15) is 4.98 Å². The minimum Gasteiger partial charge on any atom is -0.389 e. The molecule has 0 spiro atoms. The van der Waals surface area contributed by atoms with Gasteiger partial charge in [0.05, 0.1) is 5.39 Å². The lowest BCUT2D eigenvalue weighted by Gasteiger charge is -1.94. The third-order valence-corrected chi connectivity index (χ3v) is 2.28. The van der Waals surface area contributed by atoms with E-state index in [1.807, 2.05) is 5.38 Å². The van der Waals surface area contributed by atoms with E-state index in [0.717, 1.165) is 0 Å². The Bertz CT molecular complexity index is 460. The van der Waals surface area contributed by atoms with Crippen LogP contribution < -0.4 is 10.9 Å². The van der Waals surface area contributed by atoms with Gasteiger partial charge in [0, 0.05) is 7.05 Å². The first-order chi connectivity index (χ1) is 5.81. The van der Waals surface area contributed by atoms with Gasteiger partial charge >= 0.3 is 5.63 Å². The van der Waals surface area contributed by atoms with E-state index < -0.39 is 0 Å². The van der Waals surface area contributed by atoms with E-state index >= 15 is 0 Å². The Morgan fingerprint density at radius 3 is 3.25 bits per heavy atom. The molecule has 0 atom stereocenters. The molecule has 0 bridgehead atoms. The summed E-state index contributed by atoms with van der Waals surface area (Å²) in [6.07, 6.45) is 0. The zero-order valence-electron chi connectivity index (χ0n) is 6.33. The smallest absolute Gasteiger partial charge is 0.349 e. The average Bonchev–Trinajstić information content (AvgIpc) is 2.52. The van der Waals surface area contributed by atoms with E-state index in [-0.39, 0.29) is 11.6 Å². The Kier molecular flexibility index (Phi) is 1.58. The Morgan fingerprint density at radius 1 is 1.67 bits per heavy atom. The number of nitrogens with one attached hydrogen (secondary N) is 1. The molecule has 62 valence electrons. The summed E-state index contributed by atoms with van der Waals surface area (Å²) < 4.78 is 4.83. The van der Waals surface area contributed by atoms with E-state index in [2.05, 4.69) is 10.3 Å². The zero-order chi connectivity index (χ0) is 8.55. The van der Waals surface area contributed by atoms with E-state index in [1.165, 1.54) is 11.3 Å². The quantitative estimate of drug-likeness (QED) is 0.722. The van der Waals surface area contributed by atoms with Crippen LogP contribution in [0, 0.1) is 0 Å². The van der Waals surface area contributed by atoms with Crippen molar-refractivity contribution in [2.24, 2.45) is 0 Å². The van der Waals surface area contributed by atoms with Crippen LogP contribution in [-0.2, 0) is 0 Å². The second-order valence-electron chi connectivity index (χ2n) is 2.20. The summed E-state index contributed by atoms with van der Waals surface area (Å²) in [5.41, 5.74) is -0.342. The van der Waals surface area contributed by atoms with Crippen LogP contribution in [0.1, 0.15) is 0 Å². The molecule has 0 aliphatic carbocycles. The highest BCUT2D eigenvalue weighted by atomic mass is 32.1. The molecule has 0 saturated heterocycles. The molecular weight excluding hydrogens is 176 g/mol. The minimum absolute atomic E-state index is 0.259. The monoisotopic (exact) mass is 182 g/mol. The predicted molar refractivity (Wildman–Crippen MR) is 47.7 cm³/mol. The molecule has 0 unspecified atom stereocenters. The summed E-state index contributed by atoms with van der Waals surface area (Å²) >= 11 is 1.42. The standard InChI is InChI=1S/C7H6N2O2S/c1-8-7-9-5-4(2-3-12-5)6(10)11-7/h2-3H,1H3,(H,8,9). The van der Waals surface area contributed by atoms with Gasteiger partial charge in [0.25, 0.3) is 6.01 Å². The van der Waals surface area contributed by atoms with E-state index in [9.17, 15) is 4.79 Å². The third kappa shape index (κ3) is 0.984. The molecule has 4 nitrogen and oxygen atoms in total. The van der Waals surface area contributed by atoms with E-state index in [4.69, 9.17) is 4.42 Å². The largest absolute Gasteiger partial charge is 0.389 e. The van der Waals surface area contributed by atoms with Crippen LogP contribution in [0.3, 0.4) is 0 Å². The molecule has 2 aromatic heterocycles. The topological polar surface area (TPSA) is 55.1 Å². The van der Waals surface area contributed by atoms with Crippen LogP contribution in [0.5, 0.6) is 0 Å². The number of rotatable bonds is 1. The molecular formula is C7H6N2O2S. The highest BCUT2D eigenvalue weighted by molar-refractivity contribution is 7.16. The molecule has 0 radical (unpaired) electrons. The Balaban J connectivity index is 2.84. The van der Waals surface area contributed by atoms with Crippen molar-refractivity contribution >= 4 is 27.6 Å². The van der Waals surface area contributed by atoms with E-state index in [1.54, 1.807) is 13.1 Å². The summed E-state index contributed by atoms with van der Waals surface area (Å²) in [5, 5.41) is 5.03. The number of thiophene rings is 1. The van der Waals surface area contributed by atoms with Crippen LogP contribution >= 0.6 is 11.3 Å². The molecule has 5 heteroatoms. The molecule has 0 amide bonds. The summed E-state index contributed by atoms with van der Waals surface area (Å²) in [6, 6.07) is 1.97. The Labute approximate surface area is 71.9 Å². The van der Waals surface area contributed by atoms with Crippen LogP contribution in [0.25, 0.3) is 10.2 Å². The first-order valence-corrected chi connectivity index (χ1v) is 4.25. The second-order valence-corrected chi connectivity index (χ2v) is 3.09. The maximum absolute atomic E-state index is 11.2. The van der Waals surface area contributed by atoms with Crippen molar-refractivity contribution in [2.75, 3.05) is 12.4 Å². The summed E-state index contributed by atoms with van der Waals surface area (Å²) in [6.45, 7) is 0. The highest BCUT2D eigenvalue weighted by Crippen LogP contribution is 2.16. The molecule has 2 aromatic rings. The molecule has 12 heavy (non-hydrogen) atoms. The van der Waals surface area contributed by atoms with Crippen molar-refractivity contribution in [3.8, 4) is 0 Å². The van der Waals surface area contributed by atoms with Gasteiger partial charge in [-0.15, -0.1) is 11.3 Å². The molecule has 2 heterocycles. The SMILES string of the molecule is CNc1nc2sccc2c(=O)o1. The van der Waals surface area contributed by atoms with Gasteiger partial charge in [-0.1, -0.05) is 0 Å². The number of aromatic nitrogens is 1. The van der Waals surface area contributed by atoms with Crippen molar-refractivity contribution in [1.29, 1.82) is 0 Å². The van der Waals surface area contributed by atoms with Gasteiger partial charge in [0.15, 0.2) is 0 Å². The van der Waals surface area contributed by atoms with Gasteiger partial charge in [-0.25, -0.2) is 4.79 Å². The normalized spacial score (nSPS) is 10.4. The summed E-state index contributed by atoms with van der Waals surface area (Å²) in [4.78, 5) is 15.9. The van der Waals surface area contributed by atoms with Crippen LogP contribution in [0.2, 0.25) is 0 Å². The fourth-order valence-corrected chi connectivity index (χ4v) is 1.65. The van der Waals surface area contributed by atoms with Crippen molar-refractivity contribution in [3.63, 3.8) is 0 Å². The molecule has 0 aromatic carbocycles. The van der Waals surface area contributed by atoms with Gasteiger partial charge < -0.3 is 9.73 Å². The highest BCUT2D eigenvalue weighted by Gasteiger charge is 2.04. The van der Waals surface area contributed by atoms with Crippen LogP contribution in [-0.4, -0.2) is 12.0 Å². The molecule has 1 N–H and O–H groups in total. The van der Waals surface area contributed by atoms with Gasteiger partial charge in [0.2, 0.25) is 0 Å². The average molecular weight is 182 g/mol. The lowest BCUT2D eigenvalue weighted by Crippen LogP contribution is -2.02. The van der Waals surface area contributed by atoms with Crippen molar-refractivity contribution < 1.29 is 4.42 Å². The minimum atomic E-state index is -0.342. The fraction of sp³-hybridized carbons (Fsp3) is 0.143. The van der Waals surface area contributed by atoms with Crippen molar-refractivity contribution in [2.45, 2.75) is 0 Å². The van der Waals surface area contributed by atoms with Gasteiger partial charge in [-0.3, -0.25) is 0 Å². The number of anilines is 1. The molecule has 2 rings (SSSR count). The van der Waals surface area contributed by atoms with E-state index in [0.29, 0.717) is 10.2 Å². The summed E-state index contributed by atoms with van der Waals surface area (Å²) in [5.74, 6) is 0.